The second-order valence-electron chi connectivity index (χ2n) is 7.15. The highest BCUT2D eigenvalue weighted by molar-refractivity contribution is 7.99. The van der Waals surface area contributed by atoms with E-state index in [0.717, 1.165) is 36.4 Å². The topological polar surface area (TPSA) is 100 Å². The summed E-state index contributed by atoms with van der Waals surface area (Å²) in [7, 11) is 0. The molecule has 1 heterocycles. The number of aromatic nitrogens is 3. The highest BCUT2D eigenvalue weighted by atomic mass is 32.2. The lowest BCUT2D eigenvalue weighted by molar-refractivity contribution is -0.384. The summed E-state index contributed by atoms with van der Waals surface area (Å²) in [6, 6.07) is 6.93. The Morgan fingerprint density at radius 3 is 2.79 bits per heavy atom. The van der Waals surface area contributed by atoms with E-state index in [1.807, 2.05) is 13.0 Å². The molecule has 0 N–H and O–H groups in total. The van der Waals surface area contributed by atoms with Crippen LogP contribution >= 0.6 is 11.8 Å². The number of esters is 1. The first kappa shape index (κ1) is 21.3. The molecule has 0 amide bonds. The first-order valence-electron chi connectivity index (χ1n) is 10.00. The largest absolute Gasteiger partial charge is 0.466 e. The number of hydrogen-bond acceptors (Lipinski definition) is 7. The summed E-state index contributed by atoms with van der Waals surface area (Å²) in [6.45, 7) is 4.11. The molecule has 1 saturated carbocycles. The fraction of sp³-hybridized carbons (Fsp3) is 0.550. The first-order chi connectivity index (χ1) is 14.0. The van der Waals surface area contributed by atoms with Crippen molar-refractivity contribution in [2.45, 2.75) is 68.8 Å². The van der Waals surface area contributed by atoms with Gasteiger partial charge >= 0.3 is 5.97 Å². The van der Waals surface area contributed by atoms with Crippen LogP contribution in [-0.4, -0.2) is 32.3 Å². The van der Waals surface area contributed by atoms with Gasteiger partial charge in [-0.2, -0.15) is 0 Å². The van der Waals surface area contributed by atoms with Gasteiger partial charge in [0.1, 0.15) is 12.2 Å². The molecule has 1 aromatic heterocycles. The molecule has 1 aliphatic carbocycles. The lowest BCUT2D eigenvalue weighted by atomic mass is 9.95. The first-order valence-corrected chi connectivity index (χ1v) is 10.9. The van der Waals surface area contributed by atoms with Gasteiger partial charge in [-0.1, -0.05) is 43.2 Å². The number of nitro groups is 1. The molecule has 156 valence electrons. The lowest BCUT2D eigenvalue weighted by Crippen LogP contribution is -2.19. The van der Waals surface area contributed by atoms with Gasteiger partial charge in [0.2, 0.25) is 0 Å². The van der Waals surface area contributed by atoms with E-state index in [9.17, 15) is 14.9 Å². The second kappa shape index (κ2) is 9.87. The van der Waals surface area contributed by atoms with Crippen molar-refractivity contribution in [3.05, 3.63) is 45.8 Å². The SMILES string of the molecule is CCOC(=O)Cc1nnc(S[C@@H](C)c2cccc([N+](=O)[O-])c2)n1C1CCCCC1. The number of nitro benzene ring substituents is 1. The van der Waals surface area contributed by atoms with E-state index in [4.69, 9.17) is 4.74 Å². The Morgan fingerprint density at radius 2 is 2.10 bits per heavy atom. The van der Waals surface area contributed by atoms with Gasteiger partial charge in [-0.15, -0.1) is 10.2 Å². The van der Waals surface area contributed by atoms with E-state index in [1.54, 1.807) is 19.1 Å². The molecule has 0 bridgehead atoms. The number of benzene rings is 1. The van der Waals surface area contributed by atoms with Crippen molar-refractivity contribution >= 4 is 23.4 Å². The fourth-order valence-electron chi connectivity index (χ4n) is 3.67. The minimum Gasteiger partial charge on any atom is -0.466 e. The summed E-state index contributed by atoms with van der Waals surface area (Å²) in [6.07, 6.45) is 5.68. The molecular formula is C20H26N4O4S. The Kier molecular flexibility index (Phi) is 7.24. The number of thioether (sulfide) groups is 1. The minimum atomic E-state index is -0.386. The zero-order chi connectivity index (χ0) is 20.8. The van der Waals surface area contributed by atoms with Crippen LogP contribution in [0.3, 0.4) is 0 Å². The van der Waals surface area contributed by atoms with Crippen LogP contribution in [-0.2, 0) is 16.0 Å². The molecule has 1 atom stereocenters. The lowest BCUT2D eigenvalue weighted by Gasteiger charge is -2.26. The van der Waals surface area contributed by atoms with Gasteiger partial charge in [0.15, 0.2) is 5.16 Å². The van der Waals surface area contributed by atoms with Crippen LogP contribution < -0.4 is 0 Å². The van der Waals surface area contributed by atoms with Gasteiger partial charge in [-0.25, -0.2) is 0 Å². The summed E-state index contributed by atoms with van der Waals surface area (Å²) in [5.41, 5.74) is 0.932. The van der Waals surface area contributed by atoms with Crippen LogP contribution in [0, 0.1) is 10.1 Å². The summed E-state index contributed by atoms with van der Waals surface area (Å²) >= 11 is 1.51. The van der Waals surface area contributed by atoms with E-state index < -0.39 is 0 Å². The number of carbonyl (C=O) groups is 1. The van der Waals surface area contributed by atoms with Crippen LogP contribution in [0.25, 0.3) is 0 Å². The zero-order valence-corrected chi connectivity index (χ0v) is 17.6. The van der Waals surface area contributed by atoms with Crippen LogP contribution in [0.2, 0.25) is 0 Å². The Hall–Kier alpha value is -2.42. The number of rotatable bonds is 8. The van der Waals surface area contributed by atoms with E-state index in [1.165, 1.54) is 24.2 Å². The third-order valence-electron chi connectivity index (χ3n) is 5.12. The molecule has 0 aliphatic heterocycles. The van der Waals surface area contributed by atoms with Crippen molar-refractivity contribution in [3.8, 4) is 0 Å². The number of ether oxygens (including phenoxy) is 1. The third kappa shape index (κ3) is 5.35. The summed E-state index contributed by atoms with van der Waals surface area (Å²) in [4.78, 5) is 22.7. The molecular weight excluding hydrogens is 392 g/mol. The van der Waals surface area contributed by atoms with Crippen LogP contribution in [0.5, 0.6) is 0 Å². The number of non-ortho nitro benzene ring substituents is 1. The molecule has 1 aliphatic rings. The van der Waals surface area contributed by atoms with Crippen molar-refractivity contribution in [1.82, 2.24) is 14.8 Å². The second-order valence-corrected chi connectivity index (χ2v) is 8.46. The maximum atomic E-state index is 12.0. The molecule has 1 fully saturated rings. The van der Waals surface area contributed by atoms with Crippen molar-refractivity contribution in [1.29, 1.82) is 0 Å². The maximum absolute atomic E-state index is 12.0. The standard InChI is InChI=1S/C20H26N4O4S/c1-3-28-19(25)13-18-21-22-20(23(18)16-9-5-4-6-10-16)29-14(2)15-8-7-11-17(12-15)24(26)27/h7-8,11-12,14,16H,3-6,9-10,13H2,1-2H3/t14-/m0/s1. The number of nitrogens with zero attached hydrogens (tertiary/aromatic N) is 4. The van der Waals surface area contributed by atoms with Crippen molar-refractivity contribution in [2.75, 3.05) is 6.61 Å². The van der Waals surface area contributed by atoms with E-state index in [2.05, 4.69) is 14.8 Å². The van der Waals surface area contributed by atoms with Crippen LogP contribution in [0.4, 0.5) is 5.69 Å². The minimum absolute atomic E-state index is 0.0446. The monoisotopic (exact) mass is 418 g/mol. The van der Waals surface area contributed by atoms with Crippen molar-refractivity contribution in [2.24, 2.45) is 0 Å². The number of hydrogen-bond donors (Lipinski definition) is 0. The van der Waals surface area contributed by atoms with Gasteiger partial charge in [0, 0.05) is 23.4 Å². The average Bonchev–Trinajstić information content (AvgIpc) is 3.10. The average molecular weight is 419 g/mol. The Morgan fingerprint density at radius 1 is 1.34 bits per heavy atom. The molecule has 1 aromatic carbocycles. The van der Waals surface area contributed by atoms with E-state index in [-0.39, 0.29) is 34.3 Å². The maximum Gasteiger partial charge on any atom is 0.313 e. The van der Waals surface area contributed by atoms with E-state index in [0.29, 0.717) is 12.4 Å². The summed E-state index contributed by atoms with van der Waals surface area (Å²) < 4.78 is 7.18. The van der Waals surface area contributed by atoms with Gasteiger partial charge in [-0.3, -0.25) is 14.9 Å². The smallest absolute Gasteiger partial charge is 0.313 e. The molecule has 9 heteroatoms. The zero-order valence-electron chi connectivity index (χ0n) is 16.7. The molecule has 0 saturated heterocycles. The molecule has 29 heavy (non-hydrogen) atoms. The molecule has 0 spiro atoms. The van der Waals surface area contributed by atoms with Gasteiger partial charge in [0.05, 0.1) is 11.5 Å². The summed E-state index contributed by atoms with van der Waals surface area (Å²) in [5.74, 6) is 0.323. The summed E-state index contributed by atoms with van der Waals surface area (Å²) in [5, 5.41) is 20.4. The van der Waals surface area contributed by atoms with E-state index >= 15 is 0 Å². The van der Waals surface area contributed by atoms with Crippen molar-refractivity contribution < 1.29 is 14.5 Å². The van der Waals surface area contributed by atoms with Crippen LogP contribution in [0.1, 0.15) is 68.6 Å². The van der Waals surface area contributed by atoms with Gasteiger partial charge in [0.25, 0.3) is 5.69 Å². The molecule has 0 unspecified atom stereocenters. The Bertz CT molecular complexity index is 864. The predicted octanol–water partition coefficient (Wildman–Crippen LogP) is 4.65. The highest BCUT2D eigenvalue weighted by Crippen LogP contribution is 2.39. The normalized spacial score (nSPS) is 15.8. The molecule has 3 rings (SSSR count). The van der Waals surface area contributed by atoms with Crippen molar-refractivity contribution in [3.63, 3.8) is 0 Å². The highest BCUT2D eigenvalue weighted by Gasteiger charge is 2.26. The number of carbonyl (C=O) groups excluding carboxylic acids is 1. The Labute approximate surface area is 174 Å². The molecule has 2 aromatic rings. The van der Waals surface area contributed by atoms with Gasteiger partial charge in [-0.05, 0) is 32.3 Å². The Balaban J connectivity index is 1.85. The predicted molar refractivity (Wildman–Crippen MR) is 110 cm³/mol. The molecule has 0 radical (unpaired) electrons. The fourth-order valence-corrected chi connectivity index (χ4v) is 4.73. The quantitative estimate of drug-likeness (QED) is 0.266. The van der Waals surface area contributed by atoms with Crippen LogP contribution in [0.15, 0.2) is 29.4 Å². The third-order valence-corrected chi connectivity index (χ3v) is 6.23. The van der Waals surface area contributed by atoms with Gasteiger partial charge < -0.3 is 9.30 Å². The molecule has 8 nitrogen and oxygen atoms in total.